The molecule has 6 nitrogen and oxygen atoms in total. The van der Waals surface area contributed by atoms with Crippen LogP contribution in [0.2, 0.25) is 0 Å². The average molecular weight is 318 g/mol. The summed E-state index contributed by atoms with van der Waals surface area (Å²) in [6.07, 6.45) is 5.47. The molecule has 0 saturated heterocycles. The molecule has 0 aliphatic carbocycles. The van der Waals surface area contributed by atoms with Gasteiger partial charge in [0, 0.05) is 6.92 Å². The predicted molar refractivity (Wildman–Crippen MR) is 85.0 cm³/mol. The molecule has 2 rings (SSSR count). The summed E-state index contributed by atoms with van der Waals surface area (Å²) < 4.78 is 15.7. The summed E-state index contributed by atoms with van der Waals surface area (Å²) in [6, 6.07) is 4.65. The molecule has 0 saturated carbocycles. The molecular weight excluding hydrogens is 300 g/mol. The molecule has 1 heterocycles. The van der Waals surface area contributed by atoms with Gasteiger partial charge in [0.2, 0.25) is 5.75 Å². The molecule has 1 aromatic heterocycles. The molecule has 0 aliphatic rings. The van der Waals surface area contributed by atoms with Crippen LogP contribution in [0, 0.1) is 0 Å². The Balaban J connectivity index is 2.46. The quantitative estimate of drug-likeness (QED) is 0.289. The standard InChI is InChI=1S/C17H18O6/c1-3-4-5-6-10-21-16-14-12(22-11(2)18)8-7-9-13(14)23-17(20)15(16)19/h4-5,7-9,19H,3,6,10H2,1-2H3. The molecule has 1 N–H and O–H groups in total. The van der Waals surface area contributed by atoms with Gasteiger partial charge >= 0.3 is 11.6 Å². The zero-order chi connectivity index (χ0) is 16.8. The first-order valence-corrected chi connectivity index (χ1v) is 7.29. The molecule has 0 fully saturated rings. The van der Waals surface area contributed by atoms with E-state index < -0.39 is 17.3 Å². The monoisotopic (exact) mass is 318 g/mol. The number of hydrogen-bond donors (Lipinski definition) is 1. The van der Waals surface area contributed by atoms with Crippen LogP contribution < -0.4 is 15.1 Å². The third-order valence-electron chi connectivity index (χ3n) is 3.01. The van der Waals surface area contributed by atoms with Crippen molar-refractivity contribution in [3.05, 3.63) is 40.8 Å². The van der Waals surface area contributed by atoms with Crippen molar-refractivity contribution >= 4 is 16.9 Å². The zero-order valence-corrected chi connectivity index (χ0v) is 13.0. The van der Waals surface area contributed by atoms with Crippen molar-refractivity contribution in [3.63, 3.8) is 0 Å². The number of rotatable bonds is 6. The lowest BCUT2D eigenvalue weighted by Crippen LogP contribution is -2.07. The van der Waals surface area contributed by atoms with Crippen LogP contribution in [0.15, 0.2) is 39.6 Å². The van der Waals surface area contributed by atoms with Crippen LogP contribution in [-0.2, 0) is 4.79 Å². The van der Waals surface area contributed by atoms with Crippen molar-refractivity contribution in [1.82, 2.24) is 0 Å². The van der Waals surface area contributed by atoms with E-state index in [4.69, 9.17) is 13.9 Å². The maximum Gasteiger partial charge on any atom is 0.382 e. The van der Waals surface area contributed by atoms with E-state index in [1.165, 1.54) is 19.1 Å². The Hall–Kier alpha value is -2.76. The summed E-state index contributed by atoms with van der Waals surface area (Å²) in [4.78, 5) is 22.9. The second-order valence-electron chi connectivity index (χ2n) is 4.81. The minimum Gasteiger partial charge on any atom is -0.499 e. The van der Waals surface area contributed by atoms with E-state index in [0.717, 1.165) is 6.42 Å². The highest BCUT2D eigenvalue weighted by atomic mass is 16.5. The second kappa shape index (κ2) is 7.49. The summed E-state index contributed by atoms with van der Waals surface area (Å²) in [5, 5.41) is 10.2. The van der Waals surface area contributed by atoms with Gasteiger partial charge in [-0.1, -0.05) is 25.1 Å². The van der Waals surface area contributed by atoms with Crippen LogP contribution in [0.1, 0.15) is 26.7 Å². The Morgan fingerprint density at radius 1 is 1.35 bits per heavy atom. The highest BCUT2D eigenvalue weighted by molar-refractivity contribution is 5.93. The number of fused-ring (bicyclic) bond motifs is 1. The maximum atomic E-state index is 11.7. The number of allylic oxidation sites excluding steroid dienone is 1. The first kappa shape index (κ1) is 16.6. The number of esters is 1. The summed E-state index contributed by atoms with van der Waals surface area (Å²) in [7, 11) is 0. The molecule has 0 radical (unpaired) electrons. The van der Waals surface area contributed by atoms with Gasteiger partial charge in [-0.2, -0.15) is 0 Å². The smallest absolute Gasteiger partial charge is 0.382 e. The number of hydrogen-bond acceptors (Lipinski definition) is 6. The van der Waals surface area contributed by atoms with E-state index in [1.807, 2.05) is 19.1 Å². The maximum absolute atomic E-state index is 11.7. The Kier molecular flexibility index (Phi) is 5.41. The van der Waals surface area contributed by atoms with Crippen molar-refractivity contribution in [2.24, 2.45) is 0 Å². The van der Waals surface area contributed by atoms with Crippen molar-refractivity contribution < 1.29 is 23.8 Å². The summed E-state index contributed by atoms with van der Waals surface area (Å²) in [6.45, 7) is 3.54. The summed E-state index contributed by atoms with van der Waals surface area (Å²) >= 11 is 0. The predicted octanol–water partition coefficient (Wildman–Crippen LogP) is 3.16. The summed E-state index contributed by atoms with van der Waals surface area (Å²) in [5.41, 5.74) is -0.734. The van der Waals surface area contributed by atoms with Gasteiger partial charge in [0.25, 0.3) is 0 Å². The molecule has 0 spiro atoms. The topological polar surface area (TPSA) is 86.0 Å². The Labute approximate surface area is 132 Å². The van der Waals surface area contributed by atoms with Crippen LogP contribution in [0.5, 0.6) is 17.2 Å². The van der Waals surface area contributed by atoms with E-state index in [1.54, 1.807) is 6.07 Å². The van der Waals surface area contributed by atoms with E-state index in [0.29, 0.717) is 6.42 Å². The van der Waals surface area contributed by atoms with E-state index >= 15 is 0 Å². The molecule has 1 aromatic carbocycles. The molecule has 0 aliphatic heterocycles. The molecule has 23 heavy (non-hydrogen) atoms. The van der Waals surface area contributed by atoms with Gasteiger partial charge in [-0.25, -0.2) is 4.79 Å². The van der Waals surface area contributed by atoms with Crippen LogP contribution in [-0.4, -0.2) is 17.7 Å². The highest BCUT2D eigenvalue weighted by Crippen LogP contribution is 2.38. The van der Waals surface area contributed by atoms with Gasteiger partial charge in [0.05, 0.1) is 6.61 Å². The lowest BCUT2D eigenvalue weighted by atomic mass is 10.2. The molecule has 0 unspecified atom stereocenters. The molecule has 2 aromatic rings. The largest absolute Gasteiger partial charge is 0.499 e. The fourth-order valence-corrected chi connectivity index (χ4v) is 2.07. The van der Waals surface area contributed by atoms with Gasteiger partial charge < -0.3 is 19.0 Å². The van der Waals surface area contributed by atoms with Gasteiger partial charge in [0.1, 0.15) is 16.7 Å². The number of carbonyl (C=O) groups excluding carboxylic acids is 1. The number of aromatic hydroxyl groups is 1. The van der Waals surface area contributed by atoms with Crippen LogP contribution in [0.4, 0.5) is 0 Å². The lowest BCUT2D eigenvalue weighted by molar-refractivity contribution is -0.131. The lowest BCUT2D eigenvalue weighted by Gasteiger charge is -2.12. The molecule has 122 valence electrons. The minimum atomic E-state index is -0.906. The first-order chi connectivity index (χ1) is 11.0. The van der Waals surface area contributed by atoms with Crippen LogP contribution >= 0.6 is 0 Å². The Morgan fingerprint density at radius 3 is 2.83 bits per heavy atom. The highest BCUT2D eigenvalue weighted by Gasteiger charge is 2.19. The number of benzene rings is 1. The second-order valence-corrected chi connectivity index (χ2v) is 4.81. The molecular formula is C17H18O6. The Bertz CT molecular complexity index is 788. The van der Waals surface area contributed by atoms with Gasteiger partial charge in [-0.3, -0.25) is 4.79 Å². The third-order valence-corrected chi connectivity index (χ3v) is 3.01. The zero-order valence-electron chi connectivity index (χ0n) is 13.0. The first-order valence-electron chi connectivity index (χ1n) is 7.29. The SMILES string of the molecule is CCC=CCCOc1c(O)c(=O)oc2cccc(OC(C)=O)c12. The average Bonchev–Trinajstić information content (AvgIpc) is 2.50. The third kappa shape index (κ3) is 3.91. The fraction of sp³-hybridized carbons (Fsp3) is 0.294. The van der Waals surface area contributed by atoms with Crippen molar-refractivity contribution in [1.29, 1.82) is 0 Å². The van der Waals surface area contributed by atoms with Crippen molar-refractivity contribution in [3.8, 4) is 17.2 Å². The van der Waals surface area contributed by atoms with Crippen molar-refractivity contribution in [2.45, 2.75) is 26.7 Å². The molecule has 0 atom stereocenters. The van der Waals surface area contributed by atoms with Gasteiger partial charge in [-0.15, -0.1) is 0 Å². The van der Waals surface area contributed by atoms with E-state index in [2.05, 4.69) is 0 Å². The van der Waals surface area contributed by atoms with Gasteiger partial charge in [-0.05, 0) is 25.0 Å². The summed E-state index contributed by atoms with van der Waals surface area (Å²) in [5.74, 6) is -1.05. The number of ether oxygens (including phenoxy) is 2. The van der Waals surface area contributed by atoms with Crippen molar-refractivity contribution in [2.75, 3.05) is 6.61 Å². The minimum absolute atomic E-state index is 0.0435. The molecule has 0 amide bonds. The molecule has 0 bridgehead atoms. The number of carbonyl (C=O) groups is 1. The van der Waals surface area contributed by atoms with Gasteiger partial charge in [0.15, 0.2) is 5.75 Å². The molecule has 6 heteroatoms. The van der Waals surface area contributed by atoms with E-state index in [9.17, 15) is 14.7 Å². The van der Waals surface area contributed by atoms with E-state index in [-0.39, 0.29) is 29.1 Å². The van der Waals surface area contributed by atoms with Crippen LogP contribution in [0.25, 0.3) is 11.0 Å². The Morgan fingerprint density at radius 2 is 2.13 bits per heavy atom. The fourth-order valence-electron chi connectivity index (χ4n) is 2.07. The van der Waals surface area contributed by atoms with Crippen LogP contribution in [0.3, 0.4) is 0 Å². The normalized spacial score (nSPS) is 11.0.